The lowest BCUT2D eigenvalue weighted by Gasteiger charge is -2.26. The lowest BCUT2D eigenvalue weighted by molar-refractivity contribution is -0.118. The molecule has 3 aromatic carbocycles. The maximum Gasteiger partial charge on any atom is 0.262 e. The van der Waals surface area contributed by atoms with Crippen LogP contribution in [-0.4, -0.2) is 12.5 Å². The Hall–Kier alpha value is -3.07. The van der Waals surface area contributed by atoms with E-state index >= 15 is 0 Å². The van der Waals surface area contributed by atoms with Gasteiger partial charge in [-0.25, -0.2) is 0 Å². The maximum atomic E-state index is 12.3. The predicted molar refractivity (Wildman–Crippen MR) is 115 cm³/mol. The first-order chi connectivity index (χ1) is 13.4. The van der Waals surface area contributed by atoms with E-state index in [4.69, 9.17) is 4.74 Å². The molecule has 0 bridgehead atoms. The third kappa shape index (κ3) is 4.42. The van der Waals surface area contributed by atoms with Gasteiger partial charge in [0.25, 0.3) is 5.91 Å². The second-order valence-corrected chi connectivity index (χ2v) is 7.62. The summed E-state index contributed by atoms with van der Waals surface area (Å²) in [4.78, 5) is 12.3. The molecule has 0 aromatic heterocycles. The van der Waals surface area contributed by atoms with Crippen molar-refractivity contribution in [3.63, 3.8) is 0 Å². The van der Waals surface area contributed by atoms with E-state index in [1.54, 1.807) is 0 Å². The number of carbonyl (C=O) groups excluding carboxylic acids is 1. The smallest absolute Gasteiger partial charge is 0.262 e. The molecule has 0 aliphatic rings. The highest BCUT2D eigenvalue weighted by molar-refractivity contribution is 5.93. The summed E-state index contributed by atoms with van der Waals surface area (Å²) >= 11 is 0. The molecule has 3 heteroatoms. The molecule has 0 radical (unpaired) electrons. The van der Waals surface area contributed by atoms with E-state index in [0.717, 1.165) is 16.8 Å². The number of aryl methyl sites for hydroxylation is 2. The molecule has 0 aliphatic carbocycles. The average Bonchev–Trinajstić information content (AvgIpc) is 2.70. The lowest BCUT2D eigenvalue weighted by atomic mass is 9.78. The molecule has 1 amide bonds. The highest BCUT2D eigenvalue weighted by Crippen LogP contribution is 2.32. The van der Waals surface area contributed by atoms with Crippen LogP contribution in [0.25, 0.3) is 0 Å². The van der Waals surface area contributed by atoms with Crippen molar-refractivity contribution in [2.75, 3.05) is 11.9 Å². The van der Waals surface area contributed by atoms with Crippen LogP contribution in [0.2, 0.25) is 0 Å². The number of amides is 1. The third-order valence-electron chi connectivity index (χ3n) is 5.19. The Morgan fingerprint density at radius 1 is 0.821 bits per heavy atom. The summed E-state index contributed by atoms with van der Waals surface area (Å²) in [7, 11) is 0. The maximum absolute atomic E-state index is 12.3. The van der Waals surface area contributed by atoms with Crippen molar-refractivity contribution < 1.29 is 9.53 Å². The van der Waals surface area contributed by atoms with Crippen molar-refractivity contribution in [2.45, 2.75) is 33.1 Å². The van der Waals surface area contributed by atoms with Crippen LogP contribution in [0, 0.1) is 13.8 Å². The monoisotopic (exact) mass is 373 g/mol. The van der Waals surface area contributed by atoms with Crippen molar-refractivity contribution >= 4 is 11.6 Å². The molecule has 3 nitrogen and oxygen atoms in total. The van der Waals surface area contributed by atoms with Crippen molar-refractivity contribution in [2.24, 2.45) is 0 Å². The fourth-order valence-electron chi connectivity index (χ4n) is 3.33. The Balaban J connectivity index is 1.62. The Morgan fingerprint density at radius 2 is 1.39 bits per heavy atom. The van der Waals surface area contributed by atoms with Gasteiger partial charge in [0.05, 0.1) is 0 Å². The van der Waals surface area contributed by atoms with Gasteiger partial charge in [-0.2, -0.15) is 0 Å². The summed E-state index contributed by atoms with van der Waals surface area (Å²) in [6.45, 7) is 8.36. The molecule has 0 saturated heterocycles. The van der Waals surface area contributed by atoms with E-state index in [1.165, 1.54) is 11.1 Å². The molecule has 3 aromatic rings. The van der Waals surface area contributed by atoms with E-state index < -0.39 is 0 Å². The summed E-state index contributed by atoms with van der Waals surface area (Å²) in [6.07, 6.45) is 0. The quantitative estimate of drug-likeness (QED) is 0.606. The Labute approximate surface area is 167 Å². The summed E-state index contributed by atoms with van der Waals surface area (Å²) in [5.41, 5.74) is 5.31. The van der Waals surface area contributed by atoms with E-state index in [1.807, 2.05) is 50.2 Å². The molecule has 0 aliphatic heterocycles. The van der Waals surface area contributed by atoms with Gasteiger partial charge in [-0.05, 0) is 48.2 Å². The van der Waals surface area contributed by atoms with Crippen molar-refractivity contribution in [3.05, 3.63) is 95.1 Å². The number of hydrogen-bond acceptors (Lipinski definition) is 2. The van der Waals surface area contributed by atoms with Gasteiger partial charge in [0.2, 0.25) is 0 Å². The van der Waals surface area contributed by atoms with Crippen LogP contribution in [0.3, 0.4) is 0 Å². The molecule has 0 saturated carbocycles. The van der Waals surface area contributed by atoms with Crippen molar-refractivity contribution in [3.8, 4) is 5.75 Å². The molecule has 0 unspecified atom stereocenters. The topological polar surface area (TPSA) is 38.3 Å². The van der Waals surface area contributed by atoms with Gasteiger partial charge in [0.1, 0.15) is 5.75 Å². The van der Waals surface area contributed by atoms with Crippen LogP contribution in [0.4, 0.5) is 5.69 Å². The van der Waals surface area contributed by atoms with Crippen LogP contribution >= 0.6 is 0 Å². The van der Waals surface area contributed by atoms with Gasteiger partial charge in [-0.3, -0.25) is 4.79 Å². The number of ether oxygens (including phenoxy) is 1. The van der Waals surface area contributed by atoms with Gasteiger partial charge >= 0.3 is 0 Å². The van der Waals surface area contributed by atoms with Gasteiger partial charge in [-0.15, -0.1) is 0 Å². The number of carbonyl (C=O) groups is 1. The minimum Gasteiger partial charge on any atom is -0.484 e. The largest absolute Gasteiger partial charge is 0.484 e. The molecule has 3 rings (SSSR count). The molecular weight excluding hydrogens is 346 g/mol. The van der Waals surface area contributed by atoms with Crippen molar-refractivity contribution in [1.82, 2.24) is 0 Å². The predicted octanol–water partition coefficient (Wildman–Crippen LogP) is 5.65. The highest BCUT2D eigenvalue weighted by Gasteiger charge is 2.22. The molecule has 0 fully saturated rings. The minimum absolute atomic E-state index is 0.0187. The Morgan fingerprint density at radius 3 is 2.00 bits per heavy atom. The van der Waals surface area contributed by atoms with Crippen LogP contribution in [0.15, 0.2) is 72.8 Å². The van der Waals surface area contributed by atoms with Gasteiger partial charge in [0.15, 0.2) is 6.61 Å². The average molecular weight is 373 g/mol. The minimum atomic E-state index is -0.161. The summed E-state index contributed by atoms with van der Waals surface area (Å²) in [5, 5.41) is 2.94. The second kappa shape index (κ2) is 8.30. The molecule has 0 spiro atoms. The van der Waals surface area contributed by atoms with Crippen LogP contribution in [-0.2, 0) is 10.2 Å². The zero-order valence-corrected chi connectivity index (χ0v) is 17.0. The lowest BCUT2D eigenvalue weighted by Crippen LogP contribution is -2.21. The van der Waals surface area contributed by atoms with Gasteiger partial charge in [-0.1, -0.05) is 74.5 Å². The molecule has 28 heavy (non-hydrogen) atoms. The third-order valence-corrected chi connectivity index (χ3v) is 5.19. The van der Waals surface area contributed by atoms with E-state index in [-0.39, 0.29) is 17.9 Å². The zero-order valence-electron chi connectivity index (χ0n) is 17.0. The van der Waals surface area contributed by atoms with E-state index in [2.05, 4.69) is 55.6 Å². The zero-order chi connectivity index (χ0) is 20.1. The molecular formula is C25H27NO2. The number of hydrogen-bond donors (Lipinski definition) is 1. The second-order valence-electron chi connectivity index (χ2n) is 7.62. The van der Waals surface area contributed by atoms with Crippen LogP contribution in [0.1, 0.15) is 36.1 Å². The molecule has 1 N–H and O–H groups in total. The van der Waals surface area contributed by atoms with Crippen LogP contribution in [0.5, 0.6) is 5.75 Å². The first-order valence-corrected chi connectivity index (χ1v) is 9.53. The molecule has 0 atom stereocenters. The van der Waals surface area contributed by atoms with E-state index in [0.29, 0.717) is 5.75 Å². The number of rotatable bonds is 6. The SMILES string of the molecule is Cc1cccc(C)c1NC(=O)COc1ccc(C(C)(C)c2ccccc2)cc1. The molecule has 144 valence electrons. The fourth-order valence-corrected chi connectivity index (χ4v) is 3.33. The Kier molecular flexibility index (Phi) is 5.84. The summed E-state index contributed by atoms with van der Waals surface area (Å²) in [5.74, 6) is 0.523. The van der Waals surface area contributed by atoms with Gasteiger partial charge in [0, 0.05) is 11.1 Å². The number of nitrogens with one attached hydrogen (secondary N) is 1. The Bertz CT molecular complexity index is 924. The van der Waals surface area contributed by atoms with Gasteiger partial charge < -0.3 is 10.1 Å². The number of para-hydroxylation sites is 1. The first-order valence-electron chi connectivity index (χ1n) is 9.53. The fraction of sp³-hybridized carbons (Fsp3) is 0.240. The van der Waals surface area contributed by atoms with Crippen LogP contribution < -0.4 is 10.1 Å². The highest BCUT2D eigenvalue weighted by atomic mass is 16.5. The normalized spacial score (nSPS) is 11.1. The number of benzene rings is 3. The summed E-state index contributed by atoms with van der Waals surface area (Å²) < 4.78 is 5.68. The summed E-state index contributed by atoms with van der Waals surface area (Å²) in [6, 6.07) is 24.3. The van der Waals surface area contributed by atoms with E-state index in [9.17, 15) is 4.79 Å². The van der Waals surface area contributed by atoms with Crippen molar-refractivity contribution in [1.29, 1.82) is 0 Å². The first kappa shape index (κ1) is 19.7. The number of anilines is 1. The standard InChI is InChI=1S/C25H27NO2/c1-18-9-8-10-19(2)24(18)26-23(27)17-28-22-15-13-21(14-16-22)25(3,4)20-11-6-5-7-12-20/h5-16H,17H2,1-4H3,(H,26,27). The molecule has 0 heterocycles.